The Bertz CT molecular complexity index is 1390. The van der Waals surface area contributed by atoms with Gasteiger partial charge in [-0.05, 0) is 55.8 Å². The fraction of sp³-hybridized carbons (Fsp3) is 0.514. The predicted molar refractivity (Wildman–Crippen MR) is 184 cm³/mol. The quantitative estimate of drug-likeness (QED) is 0.220. The lowest BCUT2D eigenvalue weighted by atomic mass is 9.81. The standard InChI is InChI=1S/C35H51Br2N4.3BrH/c1-34(2)28-24-26(36)16-18-30(28)38(20-12-22-40(5,6)7)32(34)14-11-15-33-35(3,4)29-25-27(37)17-19-31(29)39(33)21-13-23-41(8,9)10;;;/h11,14-19,24-25H,12-13,20-23H2,1-10H3;3*1H/q+3;;;/p-3. The predicted octanol–water partition coefficient (Wildman–Crippen LogP) is -0.970. The van der Waals surface area contributed by atoms with E-state index in [1.807, 2.05) is 0 Å². The number of nitrogens with zero attached hydrogens (tertiary/aromatic N) is 4. The van der Waals surface area contributed by atoms with Crippen LogP contribution in [0.2, 0.25) is 0 Å². The van der Waals surface area contributed by atoms with Gasteiger partial charge >= 0.3 is 0 Å². The molecule has 0 fully saturated rings. The van der Waals surface area contributed by atoms with Gasteiger partial charge < -0.3 is 64.8 Å². The molecule has 0 saturated heterocycles. The summed E-state index contributed by atoms with van der Waals surface area (Å²) in [5, 5.41) is 0. The number of hydrogen-bond acceptors (Lipinski definition) is 1. The third kappa shape index (κ3) is 9.41. The molecule has 0 saturated carbocycles. The zero-order chi connectivity index (χ0) is 30.4. The third-order valence-corrected chi connectivity index (χ3v) is 9.62. The van der Waals surface area contributed by atoms with Gasteiger partial charge in [0.05, 0.1) is 67.2 Å². The first kappa shape index (κ1) is 41.7. The molecule has 0 aromatic heterocycles. The molecule has 0 unspecified atom stereocenters. The van der Waals surface area contributed by atoms with Crippen molar-refractivity contribution in [3.63, 3.8) is 0 Å². The maximum Gasteiger partial charge on any atom is 0.209 e. The summed E-state index contributed by atoms with van der Waals surface area (Å²) >= 11 is 7.47. The molecule has 44 heavy (non-hydrogen) atoms. The Hall–Kier alpha value is -0.290. The third-order valence-electron chi connectivity index (χ3n) is 8.64. The summed E-state index contributed by atoms with van der Waals surface area (Å²) in [5.74, 6) is 0. The molecule has 2 aromatic carbocycles. The number of allylic oxidation sites excluding steroid dienone is 4. The molecule has 4 nitrogen and oxygen atoms in total. The Morgan fingerprint density at radius 1 is 0.750 bits per heavy atom. The molecule has 0 N–H and O–H groups in total. The molecule has 0 aliphatic carbocycles. The van der Waals surface area contributed by atoms with E-state index < -0.39 is 0 Å². The molecule has 246 valence electrons. The molecule has 0 spiro atoms. The van der Waals surface area contributed by atoms with E-state index in [9.17, 15) is 0 Å². The van der Waals surface area contributed by atoms with E-state index >= 15 is 0 Å². The molecule has 0 atom stereocenters. The van der Waals surface area contributed by atoms with Gasteiger partial charge in [0.15, 0.2) is 12.3 Å². The summed E-state index contributed by atoms with van der Waals surface area (Å²) in [5.41, 5.74) is 8.06. The first-order chi connectivity index (χ1) is 18.9. The van der Waals surface area contributed by atoms with Crippen LogP contribution in [0.5, 0.6) is 0 Å². The Morgan fingerprint density at radius 2 is 1.30 bits per heavy atom. The van der Waals surface area contributed by atoms with Gasteiger partial charge in [-0.25, -0.2) is 0 Å². The van der Waals surface area contributed by atoms with E-state index in [1.54, 1.807) is 0 Å². The van der Waals surface area contributed by atoms with Crippen LogP contribution in [0.1, 0.15) is 51.7 Å². The zero-order valence-corrected chi connectivity index (χ0v) is 36.0. The molecule has 2 heterocycles. The average molecular weight is 927 g/mol. The topological polar surface area (TPSA) is 6.25 Å². The van der Waals surface area contributed by atoms with Crippen LogP contribution in [0.4, 0.5) is 11.4 Å². The summed E-state index contributed by atoms with van der Waals surface area (Å²) < 4.78 is 6.82. The van der Waals surface area contributed by atoms with Crippen LogP contribution in [0.25, 0.3) is 0 Å². The number of benzene rings is 2. The normalized spacial score (nSPS) is 17.7. The van der Waals surface area contributed by atoms with Crippen molar-refractivity contribution in [2.45, 2.75) is 51.4 Å². The largest absolute Gasteiger partial charge is 1.00 e. The van der Waals surface area contributed by atoms with E-state index in [2.05, 4.69) is 166 Å². The van der Waals surface area contributed by atoms with Crippen molar-refractivity contribution in [3.8, 4) is 0 Å². The van der Waals surface area contributed by atoms with Crippen molar-refractivity contribution in [2.24, 2.45) is 0 Å². The molecular formula is C35H51Br5N4. The molecule has 0 amide bonds. The molecule has 0 bridgehead atoms. The van der Waals surface area contributed by atoms with Gasteiger partial charge in [-0.2, -0.15) is 4.58 Å². The molecule has 4 rings (SSSR count). The van der Waals surface area contributed by atoms with Gasteiger partial charge in [0.1, 0.15) is 0 Å². The summed E-state index contributed by atoms with van der Waals surface area (Å²) in [4.78, 5) is 2.57. The van der Waals surface area contributed by atoms with E-state index in [0.717, 1.165) is 56.9 Å². The average Bonchev–Trinajstić information content (AvgIpc) is 3.16. The lowest BCUT2D eigenvalue weighted by Gasteiger charge is -2.29. The van der Waals surface area contributed by atoms with Crippen LogP contribution in [0.3, 0.4) is 0 Å². The fourth-order valence-electron chi connectivity index (χ4n) is 6.41. The van der Waals surface area contributed by atoms with Gasteiger partial charge in [-0.15, -0.1) is 0 Å². The highest BCUT2D eigenvalue weighted by Crippen LogP contribution is 2.49. The molecule has 2 aliphatic rings. The maximum atomic E-state index is 3.74. The summed E-state index contributed by atoms with van der Waals surface area (Å²) in [6, 6.07) is 13.6. The van der Waals surface area contributed by atoms with Crippen LogP contribution < -0.4 is 55.8 Å². The highest BCUT2D eigenvalue weighted by Gasteiger charge is 2.44. The first-order valence-corrected chi connectivity index (χ1v) is 16.5. The van der Waals surface area contributed by atoms with Crippen LogP contribution in [-0.4, -0.2) is 87.7 Å². The molecular weight excluding hydrogens is 876 g/mol. The smallest absolute Gasteiger partial charge is 0.209 e. The van der Waals surface area contributed by atoms with E-state index in [-0.39, 0.29) is 61.8 Å². The van der Waals surface area contributed by atoms with Crippen molar-refractivity contribution in [3.05, 3.63) is 80.4 Å². The minimum atomic E-state index is -0.0754. The van der Waals surface area contributed by atoms with Crippen molar-refractivity contribution in [1.29, 1.82) is 0 Å². The first-order valence-electron chi connectivity index (χ1n) is 14.9. The van der Waals surface area contributed by atoms with Gasteiger partial charge in [-0.3, -0.25) is 0 Å². The molecule has 9 heteroatoms. The van der Waals surface area contributed by atoms with Crippen molar-refractivity contribution in [1.82, 2.24) is 0 Å². The van der Waals surface area contributed by atoms with Crippen molar-refractivity contribution < 1.29 is 64.5 Å². The Labute approximate surface area is 316 Å². The number of hydrogen-bond donors (Lipinski definition) is 0. The van der Waals surface area contributed by atoms with Gasteiger partial charge in [0.2, 0.25) is 5.69 Å². The monoisotopic (exact) mass is 922 g/mol. The highest BCUT2D eigenvalue weighted by atomic mass is 79.9. The molecule has 2 aromatic rings. The number of rotatable bonds is 10. The van der Waals surface area contributed by atoms with Gasteiger partial charge in [0, 0.05) is 56.4 Å². The summed E-state index contributed by atoms with van der Waals surface area (Å²) in [6.45, 7) is 13.8. The number of anilines is 1. The Morgan fingerprint density at radius 3 is 1.89 bits per heavy atom. The van der Waals surface area contributed by atoms with Crippen LogP contribution in [0.15, 0.2) is 69.3 Å². The van der Waals surface area contributed by atoms with Crippen molar-refractivity contribution in [2.75, 3.05) is 73.4 Å². The van der Waals surface area contributed by atoms with Gasteiger partial charge in [0.25, 0.3) is 0 Å². The van der Waals surface area contributed by atoms with E-state index in [4.69, 9.17) is 0 Å². The zero-order valence-electron chi connectivity index (χ0n) is 28.1. The second-order valence-corrected chi connectivity index (χ2v) is 16.7. The van der Waals surface area contributed by atoms with Crippen LogP contribution in [-0.2, 0) is 10.8 Å². The second kappa shape index (κ2) is 15.7. The van der Waals surface area contributed by atoms with Crippen molar-refractivity contribution >= 4 is 48.9 Å². The second-order valence-electron chi connectivity index (χ2n) is 14.9. The van der Waals surface area contributed by atoms with E-state index in [0.29, 0.717) is 0 Å². The number of quaternary nitrogens is 2. The van der Waals surface area contributed by atoms with Crippen LogP contribution in [0, 0.1) is 0 Å². The fourth-order valence-corrected chi connectivity index (χ4v) is 7.14. The Kier molecular flexibility index (Phi) is 14.9. The summed E-state index contributed by atoms with van der Waals surface area (Å²) in [7, 11) is 13.7. The SMILES string of the molecule is CC1(C)C(/C=C/C=C2/N(CCC[N+](C)(C)C)c3ccc(Br)cc3C2(C)C)=[N+](CCC[N+](C)(C)C)c2ccc(Br)cc21.[Br-].[Br-].[Br-]. The maximum absolute atomic E-state index is 3.74. The van der Waals surface area contributed by atoms with Gasteiger partial charge in [-0.1, -0.05) is 51.8 Å². The number of fused-ring (bicyclic) bond motifs is 2. The van der Waals surface area contributed by atoms with Crippen LogP contribution >= 0.6 is 31.9 Å². The lowest BCUT2D eigenvalue weighted by molar-refractivity contribution is -0.871. The lowest BCUT2D eigenvalue weighted by Crippen LogP contribution is -3.00. The Balaban J connectivity index is 0.00000323. The van der Waals surface area contributed by atoms with E-state index in [1.165, 1.54) is 33.9 Å². The summed E-state index contributed by atoms with van der Waals surface area (Å²) in [6.07, 6.45) is 9.36. The molecule has 0 radical (unpaired) electrons. The minimum absolute atomic E-state index is 0. The molecule has 2 aliphatic heterocycles. The minimum Gasteiger partial charge on any atom is -1.00 e. The number of halogens is 5. The highest BCUT2D eigenvalue weighted by molar-refractivity contribution is 9.10.